The molecule has 0 spiro atoms. The van der Waals surface area contributed by atoms with Crippen molar-refractivity contribution in [1.82, 2.24) is 5.32 Å². The highest BCUT2D eigenvalue weighted by Crippen LogP contribution is 2.15. The Hall–Kier alpha value is -2.33. The number of amides is 1. The van der Waals surface area contributed by atoms with E-state index in [1.54, 1.807) is 0 Å². The standard InChI is InChI=1S/C20H26N2O2/c1-15(2)19(21)20(23)22-12-11-16-9-6-10-18(13-16)24-14-17-7-4-3-5-8-17/h3-10,13,15,19H,11-12,14,21H2,1-2H3,(H,22,23)/t19-/m0/s1. The molecule has 0 bridgehead atoms. The van der Waals surface area contributed by atoms with Gasteiger partial charge in [0.15, 0.2) is 0 Å². The van der Waals surface area contributed by atoms with Gasteiger partial charge in [-0.25, -0.2) is 0 Å². The van der Waals surface area contributed by atoms with Crippen LogP contribution in [0.5, 0.6) is 5.75 Å². The van der Waals surface area contributed by atoms with Crippen LogP contribution in [0, 0.1) is 5.92 Å². The minimum atomic E-state index is -0.453. The number of rotatable bonds is 8. The summed E-state index contributed by atoms with van der Waals surface area (Å²) >= 11 is 0. The molecule has 0 unspecified atom stereocenters. The molecule has 2 rings (SSSR count). The van der Waals surface area contributed by atoms with Gasteiger partial charge in [0, 0.05) is 6.54 Å². The summed E-state index contributed by atoms with van der Waals surface area (Å²) in [6.07, 6.45) is 0.749. The smallest absolute Gasteiger partial charge is 0.237 e. The summed E-state index contributed by atoms with van der Waals surface area (Å²) in [6.45, 7) is 5.00. The number of nitrogens with one attached hydrogen (secondary N) is 1. The average molecular weight is 326 g/mol. The molecule has 0 fully saturated rings. The lowest BCUT2D eigenvalue weighted by molar-refractivity contribution is -0.123. The number of carbonyl (C=O) groups is 1. The maximum Gasteiger partial charge on any atom is 0.237 e. The van der Waals surface area contributed by atoms with Crippen LogP contribution in [0.25, 0.3) is 0 Å². The molecule has 0 saturated heterocycles. The Morgan fingerprint density at radius 3 is 2.50 bits per heavy atom. The largest absolute Gasteiger partial charge is 0.489 e. The monoisotopic (exact) mass is 326 g/mol. The van der Waals surface area contributed by atoms with Crippen molar-refractivity contribution in [3.05, 3.63) is 65.7 Å². The Labute approximate surface area is 144 Å². The highest BCUT2D eigenvalue weighted by molar-refractivity contribution is 5.81. The van der Waals surface area contributed by atoms with Crippen molar-refractivity contribution < 1.29 is 9.53 Å². The fourth-order valence-electron chi connectivity index (χ4n) is 2.28. The second kappa shape index (κ2) is 9.08. The molecule has 1 amide bonds. The quantitative estimate of drug-likeness (QED) is 0.784. The molecule has 4 heteroatoms. The van der Waals surface area contributed by atoms with Gasteiger partial charge in [0.1, 0.15) is 12.4 Å². The number of nitrogens with two attached hydrogens (primary N) is 1. The van der Waals surface area contributed by atoms with E-state index in [4.69, 9.17) is 10.5 Å². The van der Waals surface area contributed by atoms with Crippen molar-refractivity contribution in [2.24, 2.45) is 11.7 Å². The van der Waals surface area contributed by atoms with E-state index in [2.05, 4.69) is 5.32 Å². The van der Waals surface area contributed by atoms with Crippen LogP contribution in [0.15, 0.2) is 54.6 Å². The van der Waals surface area contributed by atoms with Gasteiger partial charge < -0.3 is 15.8 Å². The Morgan fingerprint density at radius 2 is 1.79 bits per heavy atom. The molecular formula is C20H26N2O2. The lowest BCUT2D eigenvalue weighted by Crippen LogP contribution is -2.44. The van der Waals surface area contributed by atoms with Crippen LogP contribution in [-0.2, 0) is 17.8 Å². The fraction of sp³-hybridized carbons (Fsp3) is 0.350. The first-order valence-corrected chi connectivity index (χ1v) is 8.35. The molecular weight excluding hydrogens is 300 g/mol. The third-order valence-corrected chi connectivity index (χ3v) is 3.88. The molecule has 0 aliphatic heterocycles. The SMILES string of the molecule is CC(C)[C@H](N)C(=O)NCCc1cccc(OCc2ccccc2)c1. The maximum atomic E-state index is 11.8. The molecule has 0 aromatic heterocycles. The molecule has 24 heavy (non-hydrogen) atoms. The number of benzene rings is 2. The van der Waals surface area contributed by atoms with Crippen LogP contribution < -0.4 is 15.8 Å². The van der Waals surface area contributed by atoms with Gasteiger partial charge in [-0.1, -0.05) is 56.3 Å². The predicted molar refractivity (Wildman–Crippen MR) is 96.7 cm³/mol. The van der Waals surface area contributed by atoms with E-state index in [-0.39, 0.29) is 11.8 Å². The van der Waals surface area contributed by atoms with Crippen molar-refractivity contribution >= 4 is 5.91 Å². The van der Waals surface area contributed by atoms with Crippen LogP contribution in [0.2, 0.25) is 0 Å². The zero-order chi connectivity index (χ0) is 17.4. The lowest BCUT2D eigenvalue weighted by atomic mass is 10.0. The van der Waals surface area contributed by atoms with Gasteiger partial charge in [0.25, 0.3) is 0 Å². The van der Waals surface area contributed by atoms with Crippen molar-refractivity contribution in [1.29, 1.82) is 0 Å². The zero-order valence-corrected chi connectivity index (χ0v) is 14.4. The Bertz CT molecular complexity index is 641. The van der Waals surface area contributed by atoms with E-state index >= 15 is 0 Å². The molecule has 0 aliphatic rings. The van der Waals surface area contributed by atoms with E-state index in [0.717, 1.165) is 23.3 Å². The summed E-state index contributed by atoms with van der Waals surface area (Å²) in [6, 6.07) is 17.6. The first-order valence-electron chi connectivity index (χ1n) is 8.35. The normalized spacial score (nSPS) is 12.0. The number of carbonyl (C=O) groups excluding carboxylic acids is 1. The minimum absolute atomic E-state index is 0.0958. The molecule has 0 radical (unpaired) electrons. The minimum Gasteiger partial charge on any atom is -0.489 e. The highest BCUT2D eigenvalue weighted by atomic mass is 16.5. The molecule has 1 atom stereocenters. The van der Waals surface area contributed by atoms with Gasteiger partial charge in [0.2, 0.25) is 5.91 Å². The summed E-state index contributed by atoms with van der Waals surface area (Å²) in [7, 11) is 0. The van der Waals surface area contributed by atoms with Crippen LogP contribution in [-0.4, -0.2) is 18.5 Å². The second-order valence-corrected chi connectivity index (χ2v) is 6.23. The zero-order valence-electron chi connectivity index (χ0n) is 14.4. The van der Waals surface area contributed by atoms with Crippen LogP contribution in [0.1, 0.15) is 25.0 Å². The number of hydrogen-bond donors (Lipinski definition) is 2. The highest BCUT2D eigenvalue weighted by Gasteiger charge is 2.16. The van der Waals surface area contributed by atoms with Crippen molar-refractivity contribution in [3.63, 3.8) is 0 Å². The van der Waals surface area contributed by atoms with E-state index in [1.807, 2.05) is 68.4 Å². The third-order valence-electron chi connectivity index (χ3n) is 3.88. The Balaban J connectivity index is 1.81. The molecule has 0 saturated carbocycles. The van der Waals surface area contributed by atoms with E-state index < -0.39 is 6.04 Å². The molecule has 3 N–H and O–H groups in total. The summed E-state index contributed by atoms with van der Waals surface area (Å²) in [5.41, 5.74) is 8.09. The molecule has 0 aliphatic carbocycles. The molecule has 4 nitrogen and oxygen atoms in total. The maximum absolute atomic E-state index is 11.8. The Kier molecular flexibility index (Phi) is 6.82. The van der Waals surface area contributed by atoms with Gasteiger partial charge in [-0.05, 0) is 35.6 Å². The number of hydrogen-bond acceptors (Lipinski definition) is 3. The predicted octanol–water partition coefficient (Wildman–Crippen LogP) is 2.91. The second-order valence-electron chi connectivity index (χ2n) is 6.23. The summed E-state index contributed by atoms with van der Waals surface area (Å²) in [5, 5.41) is 2.88. The van der Waals surface area contributed by atoms with E-state index in [0.29, 0.717) is 13.2 Å². The topological polar surface area (TPSA) is 64.4 Å². The van der Waals surface area contributed by atoms with Crippen molar-refractivity contribution in [2.45, 2.75) is 32.9 Å². The molecule has 0 heterocycles. The molecule has 128 valence electrons. The van der Waals surface area contributed by atoms with Gasteiger partial charge in [0.05, 0.1) is 6.04 Å². The first-order chi connectivity index (χ1) is 11.6. The average Bonchev–Trinajstić information content (AvgIpc) is 2.60. The fourth-order valence-corrected chi connectivity index (χ4v) is 2.28. The van der Waals surface area contributed by atoms with E-state index in [1.165, 1.54) is 0 Å². The van der Waals surface area contributed by atoms with Crippen LogP contribution in [0.3, 0.4) is 0 Å². The first kappa shape index (κ1) is 18.0. The van der Waals surface area contributed by atoms with Crippen molar-refractivity contribution in [3.8, 4) is 5.75 Å². The van der Waals surface area contributed by atoms with Gasteiger partial charge in [-0.15, -0.1) is 0 Å². The Morgan fingerprint density at radius 1 is 1.08 bits per heavy atom. The summed E-state index contributed by atoms with van der Waals surface area (Å²) in [5.74, 6) is 0.878. The van der Waals surface area contributed by atoms with Crippen molar-refractivity contribution in [2.75, 3.05) is 6.54 Å². The molecule has 2 aromatic rings. The van der Waals surface area contributed by atoms with Gasteiger partial charge in [-0.2, -0.15) is 0 Å². The summed E-state index contributed by atoms with van der Waals surface area (Å²) < 4.78 is 5.82. The van der Waals surface area contributed by atoms with Crippen LogP contribution >= 0.6 is 0 Å². The van der Waals surface area contributed by atoms with Crippen LogP contribution in [0.4, 0.5) is 0 Å². The van der Waals surface area contributed by atoms with Gasteiger partial charge in [-0.3, -0.25) is 4.79 Å². The van der Waals surface area contributed by atoms with Gasteiger partial charge >= 0.3 is 0 Å². The lowest BCUT2D eigenvalue weighted by Gasteiger charge is -2.15. The summed E-state index contributed by atoms with van der Waals surface area (Å²) in [4.78, 5) is 11.8. The number of ether oxygens (including phenoxy) is 1. The molecule has 2 aromatic carbocycles. The van der Waals surface area contributed by atoms with E-state index in [9.17, 15) is 4.79 Å². The third kappa shape index (κ3) is 5.70.